The van der Waals surface area contributed by atoms with Gasteiger partial charge in [0.2, 0.25) is 0 Å². The van der Waals surface area contributed by atoms with Crippen LogP contribution in [0, 0.1) is 47.3 Å². The number of aromatic nitrogens is 1. The van der Waals surface area contributed by atoms with Gasteiger partial charge in [0.15, 0.2) is 0 Å². The Kier molecular flexibility index (Phi) is 17.5. The van der Waals surface area contributed by atoms with E-state index in [2.05, 4.69) is 435 Å². The van der Waals surface area contributed by atoms with Gasteiger partial charge in [-0.25, -0.2) is 0 Å². The van der Waals surface area contributed by atoms with Crippen LogP contribution in [0.5, 0.6) is 0 Å². The highest BCUT2D eigenvalue weighted by Gasteiger charge is 2.63. The summed E-state index contributed by atoms with van der Waals surface area (Å²) >= 11 is 0. The van der Waals surface area contributed by atoms with E-state index in [4.69, 9.17) is 0 Å². The summed E-state index contributed by atoms with van der Waals surface area (Å²) in [5, 5.41) is 2.47. The summed E-state index contributed by atoms with van der Waals surface area (Å²) in [5.41, 5.74) is 43.5. The summed E-state index contributed by atoms with van der Waals surface area (Å²) in [7, 11) is 0. The molecular formula is C125H101N3. The Labute approximate surface area is 752 Å². The first-order chi connectivity index (χ1) is 63.1. The molecule has 128 heavy (non-hydrogen) atoms. The number of rotatable bonds is 13. The molecule has 3 nitrogen and oxygen atoms in total. The SMILES string of the molecule is CC1(C)c2ccccc2-c2ccc(N(c3ccc(-c4ccccc4)cc3)c3ccc(-c4ccccc4-c4ccc5c(c4)-c4ccccc4C54C5CC6CC(C5)CC4C6)cc3)cc21.c1ccc(-c2ccc(N(c3ccc(-c4ccccc4-c4ccc5c(c4)-c4ccccc4C54C5CC6CC(C5)CC4C6)cc3)c3ccc4c(c3)c3ccccc3n4-c3ccccc3)cc2)cc1. The van der Waals surface area contributed by atoms with Gasteiger partial charge in [-0.3, -0.25) is 0 Å². The quantitative estimate of drug-likeness (QED) is 0.114. The molecule has 0 aliphatic heterocycles. The zero-order valence-corrected chi connectivity index (χ0v) is 72.7. The number of anilines is 6. The molecule has 11 aliphatic carbocycles. The zero-order valence-electron chi connectivity index (χ0n) is 72.7. The van der Waals surface area contributed by atoms with E-state index in [1.807, 2.05) is 0 Å². The fourth-order valence-electron chi connectivity index (χ4n) is 27.8. The summed E-state index contributed by atoms with van der Waals surface area (Å²) in [6, 6.07) is 153. The summed E-state index contributed by atoms with van der Waals surface area (Å²) in [6.07, 6.45) is 14.2. The average Bonchev–Trinajstić information content (AvgIpc) is 1.50. The highest BCUT2D eigenvalue weighted by Crippen LogP contribution is 2.72. The molecule has 17 aromatic carbocycles. The number of hydrogen-bond acceptors (Lipinski definition) is 2. The third-order valence-corrected chi connectivity index (χ3v) is 32.7. The van der Waals surface area contributed by atoms with Gasteiger partial charge >= 0.3 is 0 Å². The van der Waals surface area contributed by atoms with Gasteiger partial charge in [-0.1, -0.05) is 311 Å². The highest BCUT2D eigenvalue weighted by molar-refractivity contribution is 6.11. The van der Waals surface area contributed by atoms with E-state index >= 15 is 0 Å². The second-order valence-electron chi connectivity index (χ2n) is 39.4. The number of fused-ring (bicyclic) bond motifs is 12. The van der Waals surface area contributed by atoms with Crippen molar-refractivity contribution in [2.24, 2.45) is 47.3 Å². The van der Waals surface area contributed by atoms with Crippen molar-refractivity contribution in [1.82, 2.24) is 4.57 Å². The van der Waals surface area contributed by atoms with Gasteiger partial charge < -0.3 is 14.4 Å². The summed E-state index contributed by atoms with van der Waals surface area (Å²) < 4.78 is 2.39. The van der Waals surface area contributed by atoms with Crippen LogP contribution < -0.4 is 9.80 Å². The molecule has 0 radical (unpaired) electrons. The maximum absolute atomic E-state index is 2.56. The Hall–Kier alpha value is -13.9. The fraction of sp³-hybridized carbons (Fsp3) is 0.184. The van der Waals surface area contributed by atoms with Gasteiger partial charge in [0.25, 0.3) is 0 Å². The summed E-state index contributed by atoms with van der Waals surface area (Å²) in [6.45, 7) is 4.74. The largest absolute Gasteiger partial charge is 0.310 e. The maximum atomic E-state index is 2.56. The van der Waals surface area contributed by atoms with Crippen molar-refractivity contribution in [2.75, 3.05) is 9.80 Å². The minimum absolute atomic E-state index is 0.0891. The molecule has 1 heterocycles. The molecule has 0 N–H and O–H groups in total. The lowest BCUT2D eigenvalue weighted by molar-refractivity contribution is -0.0399. The Morgan fingerprint density at radius 1 is 0.203 bits per heavy atom. The molecule has 18 aromatic rings. The lowest BCUT2D eigenvalue weighted by Crippen LogP contribution is -2.55. The molecule has 8 saturated carbocycles. The van der Waals surface area contributed by atoms with Crippen LogP contribution >= 0.6 is 0 Å². The molecule has 8 fully saturated rings. The number of nitrogens with zero attached hydrogens (tertiary/aromatic N) is 3. The van der Waals surface area contributed by atoms with Crippen molar-refractivity contribution in [3.05, 3.63) is 440 Å². The molecule has 0 atom stereocenters. The first kappa shape index (κ1) is 75.5. The van der Waals surface area contributed by atoms with E-state index in [1.165, 1.54) is 203 Å². The van der Waals surface area contributed by atoms with Crippen LogP contribution in [-0.2, 0) is 16.2 Å². The third-order valence-electron chi connectivity index (χ3n) is 32.7. The Morgan fingerprint density at radius 3 is 0.953 bits per heavy atom. The lowest BCUT2D eigenvalue weighted by Gasteiger charge is -2.61. The van der Waals surface area contributed by atoms with Gasteiger partial charge in [-0.2, -0.15) is 0 Å². The predicted octanol–water partition coefficient (Wildman–Crippen LogP) is 33.2. The van der Waals surface area contributed by atoms with Crippen LogP contribution in [0.25, 0.3) is 128 Å². The standard InChI is InChI=1S/C64H50N2.C61H51N/c1-3-13-44(14-4-1)45-23-28-51(29-24-45)65(53-32-34-63-59(41-53)57-20-10-12-22-62(57)66(63)50-15-5-2-6-16-50)52-30-25-46(26-31-52)54-17-7-8-18-55(54)47-27-33-61-58(40-47)56-19-9-11-21-60(56)64(61)48-36-42-35-43(38-48)39-49(64)37-42;1-60(2)56-18-10-8-16-52(56)54-30-29-49(38-59(54)60)62(47-25-20-42(21-26-47)41-12-4-3-5-13-41)48-27-22-43(23-28-48)50-14-6-7-15-51(50)44-24-31-58-55(37-44)53-17-9-11-19-57(53)61(58)45-33-39-32-40(35-45)36-46(61)34-39/h1-34,40-43,48-49H,35-39H2;3-31,37-40,45-46H,32-36H2,1-2H3. The maximum Gasteiger partial charge on any atom is 0.0542 e. The number of hydrogen-bond donors (Lipinski definition) is 0. The molecule has 0 amide bonds. The van der Waals surface area contributed by atoms with Gasteiger partial charge in [-0.15, -0.1) is 0 Å². The number of benzene rings is 17. The second-order valence-corrected chi connectivity index (χ2v) is 39.4. The summed E-state index contributed by atoms with van der Waals surface area (Å²) in [4.78, 5) is 4.85. The van der Waals surface area contributed by atoms with Crippen molar-refractivity contribution in [1.29, 1.82) is 0 Å². The fourth-order valence-corrected chi connectivity index (χ4v) is 27.8. The Bertz CT molecular complexity index is 7340. The van der Waals surface area contributed by atoms with Gasteiger partial charge in [0, 0.05) is 66.8 Å². The molecule has 1 aromatic heterocycles. The van der Waals surface area contributed by atoms with Crippen molar-refractivity contribution in [3.63, 3.8) is 0 Å². The normalized spacial score (nSPS) is 22.0. The zero-order chi connectivity index (χ0) is 84.5. The Balaban J connectivity index is 0.000000136. The van der Waals surface area contributed by atoms with Crippen molar-refractivity contribution in [3.8, 4) is 106 Å². The molecule has 0 saturated heterocycles. The van der Waals surface area contributed by atoms with Crippen LogP contribution in [0.15, 0.2) is 406 Å². The number of para-hydroxylation sites is 2. The second kappa shape index (κ2) is 29.6. The van der Waals surface area contributed by atoms with Crippen LogP contribution in [0.2, 0.25) is 0 Å². The van der Waals surface area contributed by atoms with Crippen molar-refractivity contribution in [2.45, 2.75) is 94.3 Å². The predicted molar refractivity (Wildman–Crippen MR) is 533 cm³/mol. The van der Waals surface area contributed by atoms with Crippen LogP contribution in [0.1, 0.15) is 111 Å². The van der Waals surface area contributed by atoms with Gasteiger partial charge in [-0.05, 0) is 354 Å². The molecule has 29 rings (SSSR count). The molecule has 8 bridgehead atoms. The average molecular weight is 1650 g/mol. The van der Waals surface area contributed by atoms with Crippen molar-refractivity contribution >= 4 is 55.9 Å². The van der Waals surface area contributed by atoms with E-state index in [1.54, 1.807) is 22.3 Å². The van der Waals surface area contributed by atoms with Gasteiger partial charge in [0.05, 0.1) is 11.0 Å². The first-order valence-electron chi connectivity index (χ1n) is 47.3. The van der Waals surface area contributed by atoms with E-state index in [-0.39, 0.29) is 16.2 Å². The van der Waals surface area contributed by atoms with Crippen LogP contribution in [-0.4, -0.2) is 4.57 Å². The van der Waals surface area contributed by atoms with E-state index in [9.17, 15) is 0 Å². The molecule has 0 unspecified atom stereocenters. The van der Waals surface area contributed by atoms with Crippen LogP contribution in [0.4, 0.5) is 34.1 Å². The van der Waals surface area contributed by atoms with Gasteiger partial charge in [0.1, 0.15) is 0 Å². The first-order valence-corrected chi connectivity index (χ1v) is 47.3. The molecule has 11 aliphatic rings. The van der Waals surface area contributed by atoms with E-state index in [0.717, 1.165) is 81.5 Å². The topological polar surface area (TPSA) is 11.4 Å². The molecule has 2 spiro atoms. The molecule has 3 heteroatoms. The minimum Gasteiger partial charge on any atom is -0.310 e. The monoisotopic (exact) mass is 1640 g/mol. The summed E-state index contributed by atoms with van der Waals surface area (Å²) in [5.74, 6) is 6.87. The lowest BCUT2D eigenvalue weighted by atomic mass is 9.43. The highest BCUT2D eigenvalue weighted by atomic mass is 15.1. The van der Waals surface area contributed by atoms with E-state index in [0.29, 0.717) is 0 Å². The Morgan fingerprint density at radius 2 is 0.508 bits per heavy atom. The van der Waals surface area contributed by atoms with Crippen molar-refractivity contribution < 1.29 is 0 Å². The molecular weight excluding hydrogens is 1540 g/mol. The van der Waals surface area contributed by atoms with E-state index < -0.39 is 0 Å². The third kappa shape index (κ3) is 11.7. The smallest absolute Gasteiger partial charge is 0.0542 e. The van der Waals surface area contributed by atoms with Crippen LogP contribution in [0.3, 0.4) is 0 Å². The minimum atomic E-state index is -0.0891. The molecule has 616 valence electrons.